The molecule has 0 amide bonds. The van der Waals surface area contributed by atoms with E-state index in [1.54, 1.807) is 0 Å². The molecule has 0 bridgehead atoms. The highest BCUT2D eigenvalue weighted by atomic mass is 16.5. The van der Waals surface area contributed by atoms with Crippen molar-refractivity contribution in [1.82, 2.24) is 9.97 Å². The molecule has 1 heterocycles. The molecule has 0 radical (unpaired) electrons. The lowest BCUT2D eigenvalue weighted by Gasteiger charge is -2.31. The molecule has 1 aliphatic carbocycles. The quantitative estimate of drug-likeness (QED) is 0.819. The standard InChI is InChI=1S/C16H26N2O3/c1-3-9-12-13(19)17-15(18-14(12)20)16(21-4-2)10-7-5-6-8-11-16/h3-11H2,1-2H3,(H2,17,18,19,20). The molecular formula is C16H26N2O3. The van der Waals surface area contributed by atoms with Gasteiger partial charge in [-0.3, -0.25) is 4.79 Å². The highest BCUT2D eigenvalue weighted by Crippen LogP contribution is 2.38. The van der Waals surface area contributed by atoms with E-state index in [1.807, 2.05) is 13.8 Å². The lowest BCUT2D eigenvalue weighted by molar-refractivity contribution is -0.0629. The van der Waals surface area contributed by atoms with Crippen molar-refractivity contribution in [3.63, 3.8) is 0 Å². The van der Waals surface area contributed by atoms with Gasteiger partial charge in [0.2, 0.25) is 5.88 Å². The maximum absolute atomic E-state index is 12.2. The molecule has 5 nitrogen and oxygen atoms in total. The molecule has 1 saturated carbocycles. The summed E-state index contributed by atoms with van der Waals surface area (Å²) in [5.41, 5.74) is -0.406. The van der Waals surface area contributed by atoms with E-state index in [0.717, 1.165) is 32.1 Å². The molecule has 2 N–H and O–H groups in total. The first-order chi connectivity index (χ1) is 10.1. The highest BCUT2D eigenvalue weighted by molar-refractivity contribution is 5.24. The van der Waals surface area contributed by atoms with E-state index in [2.05, 4.69) is 9.97 Å². The average Bonchev–Trinajstić information content (AvgIpc) is 2.69. The molecule has 0 unspecified atom stereocenters. The van der Waals surface area contributed by atoms with Crippen LogP contribution in [0.1, 0.15) is 70.2 Å². The second kappa shape index (κ2) is 7.07. The van der Waals surface area contributed by atoms with Crippen LogP contribution in [-0.2, 0) is 16.8 Å². The monoisotopic (exact) mass is 294 g/mol. The van der Waals surface area contributed by atoms with Gasteiger partial charge >= 0.3 is 0 Å². The summed E-state index contributed by atoms with van der Waals surface area (Å²) in [5.74, 6) is 0.354. The van der Waals surface area contributed by atoms with Crippen LogP contribution in [0.5, 0.6) is 5.88 Å². The second-order valence-electron chi connectivity index (χ2n) is 5.81. The fraction of sp³-hybridized carbons (Fsp3) is 0.750. The molecule has 0 aromatic carbocycles. The number of aromatic amines is 1. The predicted molar refractivity (Wildman–Crippen MR) is 81.5 cm³/mol. The van der Waals surface area contributed by atoms with Gasteiger partial charge in [0.25, 0.3) is 5.56 Å². The van der Waals surface area contributed by atoms with Crippen LogP contribution < -0.4 is 5.56 Å². The zero-order valence-corrected chi connectivity index (χ0v) is 13.1. The van der Waals surface area contributed by atoms with Gasteiger partial charge in [0.05, 0.1) is 5.56 Å². The summed E-state index contributed by atoms with van der Waals surface area (Å²) < 4.78 is 6.00. The number of aromatic nitrogens is 2. The molecule has 21 heavy (non-hydrogen) atoms. The van der Waals surface area contributed by atoms with Gasteiger partial charge in [0.1, 0.15) is 11.4 Å². The molecule has 1 fully saturated rings. The molecule has 0 spiro atoms. The van der Waals surface area contributed by atoms with E-state index < -0.39 is 5.60 Å². The van der Waals surface area contributed by atoms with Gasteiger partial charge < -0.3 is 14.8 Å². The first kappa shape index (κ1) is 16.0. The number of aromatic hydroxyl groups is 1. The van der Waals surface area contributed by atoms with E-state index >= 15 is 0 Å². The largest absolute Gasteiger partial charge is 0.493 e. The smallest absolute Gasteiger partial charge is 0.258 e. The number of hydrogen-bond acceptors (Lipinski definition) is 4. The Kier molecular flexibility index (Phi) is 5.39. The Labute approximate surface area is 125 Å². The number of ether oxygens (including phenoxy) is 1. The molecule has 5 heteroatoms. The maximum Gasteiger partial charge on any atom is 0.258 e. The molecule has 0 aliphatic heterocycles. The normalized spacial score (nSPS) is 18.4. The zero-order valence-electron chi connectivity index (χ0n) is 13.1. The Morgan fingerprint density at radius 2 is 1.90 bits per heavy atom. The van der Waals surface area contributed by atoms with Gasteiger partial charge in [0, 0.05) is 6.61 Å². The maximum atomic E-state index is 12.2. The minimum absolute atomic E-state index is 0.140. The first-order valence-corrected chi connectivity index (χ1v) is 8.09. The van der Waals surface area contributed by atoms with Crippen molar-refractivity contribution in [2.75, 3.05) is 6.61 Å². The topological polar surface area (TPSA) is 75.2 Å². The number of nitrogens with zero attached hydrogens (tertiary/aromatic N) is 1. The van der Waals surface area contributed by atoms with Crippen molar-refractivity contribution in [2.24, 2.45) is 0 Å². The minimum atomic E-state index is -0.549. The van der Waals surface area contributed by atoms with Crippen LogP contribution in [0.15, 0.2) is 4.79 Å². The van der Waals surface area contributed by atoms with Crippen LogP contribution in [0.4, 0.5) is 0 Å². The Morgan fingerprint density at radius 3 is 2.43 bits per heavy atom. The first-order valence-electron chi connectivity index (χ1n) is 8.09. The van der Waals surface area contributed by atoms with Crippen molar-refractivity contribution in [3.8, 4) is 5.88 Å². The predicted octanol–water partition coefficient (Wildman–Crippen LogP) is 3.01. The summed E-state index contributed by atoms with van der Waals surface area (Å²) in [6, 6.07) is 0. The summed E-state index contributed by atoms with van der Waals surface area (Å²) in [6.45, 7) is 4.50. The Bertz CT molecular complexity index is 517. The number of hydrogen-bond donors (Lipinski definition) is 2. The summed E-state index contributed by atoms with van der Waals surface area (Å²) >= 11 is 0. The third-order valence-corrected chi connectivity index (χ3v) is 4.26. The van der Waals surface area contributed by atoms with E-state index in [-0.39, 0.29) is 11.4 Å². The van der Waals surface area contributed by atoms with Crippen LogP contribution in [0, 0.1) is 0 Å². The van der Waals surface area contributed by atoms with Crippen LogP contribution in [-0.4, -0.2) is 21.7 Å². The summed E-state index contributed by atoms with van der Waals surface area (Å²) in [7, 11) is 0. The molecule has 118 valence electrons. The molecule has 1 aromatic rings. The highest BCUT2D eigenvalue weighted by Gasteiger charge is 2.36. The SMILES string of the molecule is CCCc1c(O)nc(C2(OCC)CCCCCC2)[nH]c1=O. The summed E-state index contributed by atoms with van der Waals surface area (Å²) in [4.78, 5) is 19.4. The summed E-state index contributed by atoms with van der Waals surface area (Å²) in [5, 5.41) is 10.1. The molecule has 2 rings (SSSR count). The van der Waals surface area contributed by atoms with Crippen molar-refractivity contribution in [1.29, 1.82) is 0 Å². The van der Waals surface area contributed by atoms with Crippen molar-refractivity contribution in [2.45, 2.75) is 70.8 Å². The van der Waals surface area contributed by atoms with Crippen molar-refractivity contribution in [3.05, 3.63) is 21.7 Å². The van der Waals surface area contributed by atoms with Crippen LogP contribution in [0.25, 0.3) is 0 Å². The van der Waals surface area contributed by atoms with Crippen molar-refractivity contribution >= 4 is 0 Å². The second-order valence-corrected chi connectivity index (χ2v) is 5.81. The van der Waals surface area contributed by atoms with Gasteiger partial charge in [-0.25, -0.2) is 0 Å². The Balaban J connectivity index is 2.43. The summed E-state index contributed by atoms with van der Waals surface area (Å²) in [6.07, 6.45) is 7.50. The fourth-order valence-corrected chi connectivity index (χ4v) is 3.20. The number of H-pyrrole nitrogens is 1. The lowest BCUT2D eigenvalue weighted by Crippen LogP contribution is -2.34. The molecule has 0 atom stereocenters. The third kappa shape index (κ3) is 3.46. The molecule has 1 aromatic heterocycles. The Hall–Kier alpha value is -1.36. The minimum Gasteiger partial charge on any atom is -0.493 e. The number of nitrogens with one attached hydrogen (secondary N) is 1. The van der Waals surface area contributed by atoms with E-state index in [0.29, 0.717) is 24.4 Å². The molecular weight excluding hydrogens is 268 g/mol. The molecule has 0 saturated heterocycles. The third-order valence-electron chi connectivity index (χ3n) is 4.26. The van der Waals surface area contributed by atoms with Gasteiger partial charge in [0.15, 0.2) is 0 Å². The average molecular weight is 294 g/mol. The van der Waals surface area contributed by atoms with Gasteiger partial charge in [-0.2, -0.15) is 4.98 Å². The van der Waals surface area contributed by atoms with Crippen molar-refractivity contribution < 1.29 is 9.84 Å². The van der Waals surface area contributed by atoms with Crippen LogP contribution in [0.3, 0.4) is 0 Å². The van der Waals surface area contributed by atoms with Gasteiger partial charge in [-0.15, -0.1) is 0 Å². The van der Waals surface area contributed by atoms with Crippen LogP contribution >= 0.6 is 0 Å². The van der Waals surface area contributed by atoms with Crippen LogP contribution in [0.2, 0.25) is 0 Å². The zero-order chi connectivity index (χ0) is 15.3. The number of rotatable bonds is 5. The molecule has 1 aliphatic rings. The van der Waals surface area contributed by atoms with E-state index in [9.17, 15) is 9.90 Å². The van der Waals surface area contributed by atoms with Gasteiger partial charge in [-0.05, 0) is 26.2 Å². The Morgan fingerprint density at radius 1 is 1.24 bits per heavy atom. The van der Waals surface area contributed by atoms with E-state index in [4.69, 9.17) is 4.74 Å². The lowest BCUT2D eigenvalue weighted by atomic mass is 9.92. The van der Waals surface area contributed by atoms with E-state index in [1.165, 1.54) is 12.8 Å². The fourth-order valence-electron chi connectivity index (χ4n) is 3.20. The van der Waals surface area contributed by atoms with Gasteiger partial charge in [-0.1, -0.05) is 39.0 Å².